The number of aliphatic hydroxyl groups is 1. The van der Waals surface area contributed by atoms with E-state index < -0.39 is 11.6 Å². The molecule has 1 unspecified atom stereocenters. The maximum atomic E-state index is 11.8. The Balaban J connectivity index is 3.01. The van der Waals surface area contributed by atoms with Gasteiger partial charge in [-0.25, -0.2) is 4.79 Å². The van der Waals surface area contributed by atoms with Crippen molar-refractivity contribution in [1.29, 1.82) is 0 Å². The molecular formula is C13H18O3. The van der Waals surface area contributed by atoms with Gasteiger partial charge in [0.05, 0.1) is 6.61 Å². The first-order valence-corrected chi connectivity index (χ1v) is 5.60. The molecule has 0 amide bonds. The Hall–Kier alpha value is -1.35. The molecule has 88 valence electrons. The third kappa shape index (κ3) is 2.61. The Morgan fingerprint density at radius 1 is 1.31 bits per heavy atom. The molecule has 1 aromatic rings. The number of hydrogen-bond donors (Lipinski definition) is 1. The number of benzene rings is 1. The Labute approximate surface area is 96.1 Å². The highest BCUT2D eigenvalue weighted by Crippen LogP contribution is 2.27. The molecule has 1 rings (SSSR count). The summed E-state index contributed by atoms with van der Waals surface area (Å²) >= 11 is 0. The molecule has 16 heavy (non-hydrogen) atoms. The van der Waals surface area contributed by atoms with E-state index in [4.69, 9.17) is 4.74 Å². The first kappa shape index (κ1) is 12.7. The van der Waals surface area contributed by atoms with Crippen molar-refractivity contribution in [2.45, 2.75) is 32.3 Å². The largest absolute Gasteiger partial charge is 0.464 e. The fourth-order valence-electron chi connectivity index (χ4n) is 1.69. The maximum absolute atomic E-state index is 11.8. The van der Waals surface area contributed by atoms with Gasteiger partial charge >= 0.3 is 5.97 Å². The molecule has 3 heteroatoms. The van der Waals surface area contributed by atoms with Gasteiger partial charge in [-0.1, -0.05) is 43.7 Å². The van der Waals surface area contributed by atoms with Crippen molar-refractivity contribution >= 4 is 5.97 Å². The van der Waals surface area contributed by atoms with Crippen LogP contribution in [0.15, 0.2) is 30.3 Å². The van der Waals surface area contributed by atoms with E-state index >= 15 is 0 Å². The van der Waals surface area contributed by atoms with Crippen LogP contribution >= 0.6 is 0 Å². The van der Waals surface area contributed by atoms with E-state index in [1.54, 1.807) is 31.2 Å². The Morgan fingerprint density at radius 2 is 1.94 bits per heavy atom. The molecule has 1 aromatic carbocycles. The van der Waals surface area contributed by atoms with Gasteiger partial charge in [0.2, 0.25) is 0 Å². The van der Waals surface area contributed by atoms with E-state index in [9.17, 15) is 9.90 Å². The van der Waals surface area contributed by atoms with Crippen molar-refractivity contribution in [2.24, 2.45) is 0 Å². The summed E-state index contributed by atoms with van der Waals surface area (Å²) in [4.78, 5) is 11.8. The highest BCUT2D eigenvalue weighted by Gasteiger charge is 2.38. The molecule has 0 heterocycles. The normalized spacial score (nSPS) is 14.2. The van der Waals surface area contributed by atoms with Gasteiger partial charge in [0.25, 0.3) is 0 Å². The summed E-state index contributed by atoms with van der Waals surface area (Å²) in [7, 11) is 0. The summed E-state index contributed by atoms with van der Waals surface area (Å²) in [5, 5.41) is 10.4. The van der Waals surface area contributed by atoms with Gasteiger partial charge < -0.3 is 9.84 Å². The summed E-state index contributed by atoms with van der Waals surface area (Å²) in [5.41, 5.74) is -0.915. The Kier molecular flexibility index (Phi) is 4.50. The number of ether oxygens (including phenoxy) is 1. The standard InChI is InChI=1S/C13H18O3/c1-3-10-13(15,12(14)16-4-2)11-8-6-5-7-9-11/h5-9,15H,3-4,10H2,1-2H3. The van der Waals surface area contributed by atoms with Crippen LogP contribution in [0.25, 0.3) is 0 Å². The number of esters is 1. The Morgan fingerprint density at radius 3 is 2.44 bits per heavy atom. The predicted molar refractivity (Wildman–Crippen MR) is 61.9 cm³/mol. The van der Waals surface area contributed by atoms with Gasteiger partial charge in [-0.3, -0.25) is 0 Å². The molecule has 0 aliphatic rings. The molecule has 1 atom stereocenters. The summed E-state index contributed by atoms with van der Waals surface area (Å²) in [6, 6.07) is 8.94. The van der Waals surface area contributed by atoms with Gasteiger partial charge in [-0.15, -0.1) is 0 Å². The molecule has 0 aliphatic heterocycles. The lowest BCUT2D eigenvalue weighted by Crippen LogP contribution is -2.37. The van der Waals surface area contributed by atoms with Crippen LogP contribution < -0.4 is 0 Å². The van der Waals surface area contributed by atoms with Gasteiger partial charge in [0, 0.05) is 0 Å². The minimum absolute atomic E-state index is 0.275. The summed E-state index contributed by atoms with van der Waals surface area (Å²) in [5.74, 6) is -0.567. The molecule has 0 bridgehead atoms. The molecule has 0 saturated heterocycles. The van der Waals surface area contributed by atoms with Gasteiger partial charge in [-0.2, -0.15) is 0 Å². The molecular weight excluding hydrogens is 204 g/mol. The molecule has 1 N–H and O–H groups in total. The fourth-order valence-corrected chi connectivity index (χ4v) is 1.69. The second kappa shape index (κ2) is 5.66. The zero-order valence-corrected chi connectivity index (χ0v) is 9.77. The highest BCUT2D eigenvalue weighted by atomic mass is 16.5. The monoisotopic (exact) mass is 222 g/mol. The van der Waals surface area contributed by atoms with Crippen LogP contribution in [0, 0.1) is 0 Å². The van der Waals surface area contributed by atoms with Gasteiger partial charge in [0.15, 0.2) is 5.60 Å². The van der Waals surface area contributed by atoms with Crippen molar-refractivity contribution in [3.05, 3.63) is 35.9 Å². The maximum Gasteiger partial charge on any atom is 0.342 e. The fraction of sp³-hybridized carbons (Fsp3) is 0.462. The first-order valence-electron chi connectivity index (χ1n) is 5.60. The molecule has 0 aliphatic carbocycles. The predicted octanol–water partition coefficient (Wildman–Crippen LogP) is 2.24. The minimum atomic E-state index is -1.51. The second-order valence-corrected chi connectivity index (χ2v) is 3.70. The lowest BCUT2D eigenvalue weighted by molar-refractivity contribution is -0.167. The molecule has 0 saturated carbocycles. The molecule has 0 fully saturated rings. The van der Waals surface area contributed by atoms with E-state index in [0.29, 0.717) is 18.4 Å². The summed E-state index contributed by atoms with van der Waals surface area (Å²) < 4.78 is 4.93. The van der Waals surface area contributed by atoms with Crippen molar-refractivity contribution in [1.82, 2.24) is 0 Å². The Bertz CT molecular complexity index is 334. The van der Waals surface area contributed by atoms with Crippen LogP contribution in [-0.4, -0.2) is 17.7 Å². The third-order valence-corrected chi connectivity index (χ3v) is 2.48. The lowest BCUT2D eigenvalue weighted by atomic mass is 9.89. The first-order chi connectivity index (χ1) is 7.65. The van der Waals surface area contributed by atoms with Gasteiger partial charge in [-0.05, 0) is 18.9 Å². The quantitative estimate of drug-likeness (QED) is 0.777. The van der Waals surface area contributed by atoms with E-state index in [0.717, 1.165) is 0 Å². The summed E-state index contributed by atoms with van der Waals surface area (Å²) in [6.45, 7) is 3.93. The van der Waals surface area contributed by atoms with Crippen LogP contribution in [0.1, 0.15) is 32.3 Å². The zero-order chi connectivity index (χ0) is 12.0. The molecule has 0 aromatic heterocycles. The van der Waals surface area contributed by atoms with Crippen LogP contribution in [0.4, 0.5) is 0 Å². The molecule has 0 spiro atoms. The number of carbonyl (C=O) groups excluding carboxylic acids is 1. The van der Waals surface area contributed by atoms with E-state index in [1.807, 2.05) is 13.0 Å². The average Bonchev–Trinajstić information content (AvgIpc) is 2.30. The highest BCUT2D eigenvalue weighted by molar-refractivity contribution is 5.81. The number of carbonyl (C=O) groups is 1. The summed E-state index contributed by atoms with van der Waals surface area (Å²) in [6.07, 6.45) is 1.08. The van der Waals surface area contributed by atoms with Crippen LogP contribution in [-0.2, 0) is 15.1 Å². The van der Waals surface area contributed by atoms with Crippen LogP contribution in [0.2, 0.25) is 0 Å². The van der Waals surface area contributed by atoms with Crippen molar-refractivity contribution in [2.75, 3.05) is 6.61 Å². The topological polar surface area (TPSA) is 46.5 Å². The average molecular weight is 222 g/mol. The van der Waals surface area contributed by atoms with Crippen molar-refractivity contribution in [3.8, 4) is 0 Å². The smallest absolute Gasteiger partial charge is 0.342 e. The SMILES string of the molecule is CCCC(O)(C(=O)OCC)c1ccccc1. The number of hydrogen-bond acceptors (Lipinski definition) is 3. The third-order valence-electron chi connectivity index (χ3n) is 2.48. The van der Waals surface area contributed by atoms with Crippen molar-refractivity contribution < 1.29 is 14.6 Å². The van der Waals surface area contributed by atoms with E-state index in [2.05, 4.69) is 0 Å². The van der Waals surface area contributed by atoms with E-state index in [1.165, 1.54) is 0 Å². The zero-order valence-electron chi connectivity index (χ0n) is 9.77. The van der Waals surface area contributed by atoms with Crippen LogP contribution in [0.3, 0.4) is 0 Å². The van der Waals surface area contributed by atoms with Gasteiger partial charge in [0.1, 0.15) is 0 Å². The minimum Gasteiger partial charge on any atom is -0.464 e. The molecule has 3 nitrogen and oxygen atoms in total. The second-order valence-electron chi connectivity index (χ2n) is 3.70. The van der Waals surface area contributed by atoms with Crippen LogP contribution in [0.5, 0.6) is 0 Å². The number of rotatable bonds is 5. The molecule has 0 radical (unpaired) electrons. The van der Waals surface area contributed by atoms with E-state index in [-0.39, 0.29) is 6.61 Å². The lowest BCUT2D eigenvalue weighted by Gasteiger charge is -2.25. The van der Waals surface area contributed by atoms with Crippen molar-refractivity contribution in [3.63, 3.8) is 0 Å².